The van der Waals surface area contributed by atoms with Crippen LogP contribution in [-0.4, -0.2) is 10.7 Å². The first-order valence-electron chi connectivity index (χ1n) is 6.70. The zero-order valence-corrected chi connectivity index (χ0v) is 12.3. The summed E-state index contributed by atoms with van der Waals surface area (Å²) in [6.45, 7) is 0. The monoisotopic (exact) mass is 293 g/mol. The Morgan fingerprint density at radius 1 is 1.00 bits per heavy atom. The van der Waals surface area contributed by atoms with E-state index in [1.54, 1.807) is 20.7 Å². The number of aromatic nitrogens is 2. The Morgan fingerprint density at radius 3 is 2.52 bits per heavy atom. The van der Waals surface area contributed by atoms with Crippen molar-refractivity contribution in [3.63, 3.8) is 0 Å². The second-order valence-electron chi connectivity index (χ2n) is 4.95. The highest BCUT2D eigenvalue weighted by atomic mass is 32.2. The Hall–Kier alpha value is -2.33. The molecule has 4 rings (SSSR count). The molecule has 2 aromatic carbocycles. The van der Waals surface area contributed by atoms with Crippen molar-refractivity contribution in [3.8, 4) is 5.69 Å². The molecule has 102 valence electrons. The highest BCUT2D eigenvalue weighted by Crippen LogP contribution is 2.19. The summed E-state index contributed by atoms with van der Waals surface area (Å²) in [5.74, 6) is 0. The van der Waals surface area contributed by atoms with Crippen molar-refractivity contribution >= 4 is 28.1 Å². The lowest BCUT2D eigenvalue weighted by atomic mass is 10.2. The first kappa shape index (κ1) is 12.4. The molecule has 0 atom stereocenters. The van der Waals surface area contributed by atoms with Gasteiger partial charge in [-0.25, -0.2) is 0 Å². The van der Waals surface area contributed by atoms with Crippen molar-refractivity contribution in [2.24, 2.45) is 0 Å². The molecule has 2 aromatic heterocycles. The highest BCUT2D eigenvalue weighted by molar-refractivity contribution is 7.98. The van der Waals surface area contributed by atoms with Gasteiger partial charge in [0.05, 0.1) is 5.39 Å². The first-order valence-corrected chi connectivity index (χ1v) is 7.93. The summed E-state index contributed by atoms with van der Waals surface area (Å²) in [6.07, 6.45) is 5.80. The molecule has 0 aliphatic carbocycles. The average molecular weight is 293 g/mol. The van der Waals surface area contributed by atoms with Crippen LogP contribution in [0.25, 0.3) is 22.0 Å². The molecule has 0 N–H and O–H groups in total. The minimum absolute atomic E-state index is 0.0411. The number of hydrogen-bond acceptors (Lipinski definition) is 2. The van der Waals surface area contributed by atoms with E-state index < -0.39 is 0 Å². The first-order chi connectivity index (χ1) is 10.3. The fourth-order valence-corrected chi connectivity index (χ4v) is 3.13. The standard InChI is InChI=1S/C17H13N2OS/c1-21-15-7-5-14(6-8-15)19-11-13-4-2-3-12-9-10-18(16(12)13)17(19)20/h2-11H,1H3/q+1. The predicted molar refractivity (Wildman–Crippen MR) is 85.7 cm³/mol. The number of benzene rings is 2. The summed E-state index contributed by atoms with van der Waals surface area (Å²) < 4.78 is 3.42. The minimum Gasteiger partial charge on any atom is -0.196 e. The summed E-state index contributed by atoms with van der Waals surface area (Å²) in [5.41, 5.74) is 1.83. The van der Waals surface area contributed by atoms with Crippen molar-refractivity contribution < 1.29 is 4.57 Å². The third-order valence-electron chi connectivity index (χ3n) is 3.77. The van der Waals surface area contributed by atoms with Gasteiger partial charge in [-0.15, -0.1) is 11.8 Å². The maximum absolute atomic E-state index is 12.7. The van der Waals surface area contributed by atoms with Gasteiger partial charge in [-0.2, -0.15) is 13.8 Å². The lowest BCUT2D eigenvalue weighted by Gasteiger charge is -2.02. The van der Waals surface area contributed by atoms with Crippen LogP contribution >= 0.6 is 11.8 Å². The molecule has 0 radical (unpaired) electrons. The summed E-state index contributed by atoms with van der Waals surface area (Å²) in [6, 6.07) is 16.1. The van der Waals surface area contributed by atoms with Crippen LogP contribution in [0, 0.1) is 0 Å². The molecule has 3 nitrogen and oxygen atoms in total. The summed E-state index contributed by atoms with van der Waals surface area (Å²) in [4.78, 5) is 13.9. The number of para-hydroxylation sites is 1. The van der Waals surface area contributed by atoms with Crippen molar-refractivity contribution in [2.45, 2.75) is 4.90 Å². The summed E-state index contributed by atoms with van der Waals surface area (Å²) in [5, 5.41) is 2.15. The van der Waals surface area contributed by atoms with Crippen LogP contribution in [0.2, 0.25) is 0 Å². The van der Waals surface area contributed by atoms with Gasteiger partial charge in [0, 0.05) is 10.3 Å². The van der Waals surface area contributed by atoms with Gasteiger partial charge in [-0.3, -0.25) is 0 Å². The van der Waals surface area contributed by atoms with Crippen molar-refractivity contribution in [1.29, 1.82) is 0 Å². The second-order valence-corrected chi connectivity index (χ2v) is 5.83. The van der Waals surface area contributed by atoms with Crippen LogP contribution in [0.4, 0.5) is 0 Å². The molecule has 0 spiro atoms. The number of rotatable bonds is 2. The molecule has 0 saturated carbocycles. The maximum Gasteiger partial charge on any atom is 0.508 e. The van der Waals surface area contributed by atoms with E-state index in [-0.39, 0.29) is 5.69 Å². The van der Waals surface area contributed by atoms with Gasteiger partial charge in [-0.1, -0.05) is 12.1 Å². The molecule has 21 heavy (non-hydrogen) atoms. The molecular formula is C17H13N2OS+. The number of hydrogen-bond donors (Lipinski definition) is 0. The van der Waals surface area contributed by atoms with E-state index in [1.807, 2.05) is 67.2 Å². The Balaban J connectivity index is 2.04. The summed E-state index contributed by atoms with van der Waals surface area (Å²) >= 11 is 1.69. The third-order valence-corrected chi connectivity index (χ3v) is 4.52. The Bertz CT molecular complexity index is 989. The van der Waals surface area contributed by atoms with E-state index in [2.05, 4.69) is 0 Å². The van der Waals surface area contributed by atoms with E-state index >= 15 is 0 Å². The Labute approximate surface area is 125 Å². The number of nitrogens with zero attached hydrogens (tertiary/aromatic N) is 2. The lowest BCUT2D eigenvalue weighted by molar-refractivity contribution is -0.614. The van der Waals surface area contributed by atoms with Gasteiger partial charge >= 0.3 is 5.69 Å². The van der Waals surface area contributed by atoms with Crippen LogP contribution in [0.3, 0.4) is 0 Å². The molecule has 0 bridgehead atoms. The highest BCUT2D eigenvalue weighted by Gasteiger charge is 2.17. The van der Waals surface area contributed by atoms with E-state index in [1.165, 1.54) is 4.90 Å². The molecule has 0 unspecified atom stereocenters. The molecular weight excluding hydrogens is 280 g/mol. The zero-order valence-electron chi connectivity index (χ0n) is 11.5. The molecule has 0 aliphatic heterocycles. The minimum atomic E-state index is -0.0411. The van der Waals surface area contributed by atoms with Crippen molar-refractivity contribution in [1.82, 2.24) is 4.40 Å². The Morgan fingerprint density at radius 2 is 1.76 bits per heavy atom. The largest absolute Gasteiger partial charge is 0.508 e. The van der Waals surface area contributed by atoms with Gasteiger partial charge in [0.1, 0.15) is 18.1 Å². The number of thioether (sulfide) groups is 1. The van der Waals surface area contributed by atoms with Crippen LogP contribution in [0.15, 0.2) is 70.6 Å². The van der Waals surface area contributed by atoms with Crippen LogP contribution in [-0.2, 0) is 0 Å². The third kappa shape index (κ3) is 1.83. The van der Waals surface area contributed by atoms with E-state index in [0.29, 0.717) is 0 Å². The van der Waals surface area contributed by atoms with E-state index in [0.717, 1.165) is 22.0 Å². The van der Waals surface area contributed by atoms with Gasteiger partial charge in [0.15, 0.2) is 5.52 Å². The smallest absolute Gasteiger partial charge is 0.196 e. The van der Waals surface area contributed by atoms with Gasteiger partial charge in [-0.05, 0) is 42.7 Å². The summed E-state index contributed by atoms with van der Waals surface area (Å²) in [7, 11) is 0. The normalized spacial score (nSPS) is 11.5. The second kappa shape index (κ2) is 4.60. The quantitative estimate of drug-likeness (QED) is 0.419. The predicted octanol–water partition coefficient (Wildman–Crippen LogP) is 2.89. The van der Waals surface area contributed by atoms with Gasteiger partial charge < -0.3 is 0 Å². The van der Waals surface area contributed by atoms with E-state index in [4.69, 9.17) is 0 Å². The maximum atomic E-state index is 12.7. The lowest BCUT2D eigenvalue weighted by Crippen LogP contribution is -2.50. The van der Waals surface area contributed by atoms with Gasteiger partial charge in [0.25, 0.3) is 0 Å². The molecule has 2 heterocycles. The average Bonchev–Trinajstić information content (AvgIpc) is 2.97. The molecule has 0 aliphatic rings. The fourth-order valence-electron chi connectivity index (χ4n) is 2.72. The van der Waals surface area contributed by atoms with E-state index in [9.17, 15) is 4.79 Å². The molecule has 4 heteroatoms. The van der Waals surface area contributed by atoms with Crippen LogP contribution < -0.4 is 10.3 Å². The van der Waals surface area contributed by atoms with Crippen molar-refractivity contribution in [2.75, 3.05) is 6.26 Å². The molecule has 0 amide bonds. The Kier molecular flexibility index (Phi) is 2.72. The fraction of sp³-hybridized carbons (Fsp3) is 0.0588. The van der Waals surface area contributed by atoms with Crippen LogP contribution in [0.1, 0.15) is 0 Å². The topological polar surface area (TPSA) is 25.4 Å². The van der Waals surface area contributed by atoms with Crippen LogP contribution in [0.5, 0.6) is 0 Å². The SMILES string of the molecule is CSc1ccc(-[n+]2cc3cccc4ccn(c2=O)c43)cc1. The van der Waals surface area contributed by atoms with Crippen molar-refractivity contribution in [3.05, 3.63) is 71.4 Å². The molecule has 4 aromatic rings. The zero-order chi connectivity index (χ0) is 14.4. The van der Waals surface area contributed by atoms with Gasteiger partial charge in [0.2, 0.25) is 0 Å². The molecule has 0 fully saturated rings. The molecule has 0 saturated heterocycles.